The number of hydrogen-bond donors (Lipinski definition) is 2. The van der Waals surface area contributed by atoms with Gasteiger partial charge in [0.05, 0.1) is 16.9 Å². The van der Waals surface area contributed by atoms with Gasteiger partial charge in [-0.15, -0.1) is 0 Å². The van der Waals surface area contributed by atoms with Crippen molar-refractivity contribution in [2.75, 3.05) is 10.6 Å². The zero-order valence-electron chi connectivity index (χ0n) is 13.8. The molecule has 0 unspecified atom stereocenters. The summed E-state index contributed by atoms with van der Waals surface area (Å²) >= 11 is 0. The predicted molar refractivity (Wildman–Crippen MR) is 97.1 cm³/mol. The first-order valence-electron chi connectivity index (χ1n) is 7.93. The summed E-state index contributed by atoms with van der Waals surface area (Å²) in [4.78, 5) is 16.4. The van der Waals surface area contributed by atoms with Crippen LogP contribution in [0.3, 0.4) is 0 Å². The average molecular weight is 335 g/mol. The molecule has 0 saturated heterocycles. The van der Waals surface area contributed by atoms with Crippen molar-refractivity contribution >= 4 is 17.3 Å². The largest absolute Gasteiger partial charge is 0.380 e. The van der Waals surface area contributed by atoms with E-state index in [4.69, 9.17) is 0 Å². The lowest BCUT2D eigenvalue weighted by molar-refractivity contribution is 0.102. The highest BCUT2D eigenvalue weighted by atomic mass is 19.1. The molecule has 4 nitrogen and oxygen atoms in total. The molecule has 0 aliphatic heterocycles. The van der Waals surface area contributed by atoms with Gasteiger partial charge in [-0.25, -0.2) is 4.39 Å². The van der Waals surface area contributed by atoms with E-state index in [2.05, 4.69) is 15.6 Å². The molecule has 1 heterocycles. The molecule has 0 radical (unpaired) electrons. The second-order valence-electron chi connectivity index (χ2n) is 5.68. The van der Waals surface area contributed by atoms with E-state index in [1.54, 1.807) is 24.4 Å². The highest BCUT2D eigenvalue weighted by Crippen LogP contribution is 2.16. The topological polar surface area (TPSA) is 54.0 Å². The first kappa shape index (κ1) is 16.6. The predicted octanol–water partition coefficient (Wildman–Crippen LogP) is 4.39. The molecule has 0 fully saturated rings. The molecule has 2 N–H and O–H groups in total. The summed E-state index contributed by atoms with van der Waals surface area (Å²) in [6.45, 7) is 2.68. The minimum atomic E-state index is -0.474. The minimum absolute atomic E-state index is 0.144. The number of para-hydroxylation sites is 1. The maximum absolute atomic E-state index is 13.6. The Hall–Kier alpha value is -3.21. The van der Waals surface area contributed by atoms with Crippen LogP contribution in [0, 0.1) is 12.7 Å². The van der Waals surface area contributed by atoms with Crippen molar-refractivity contribution < 1.29 is 9.18 Å². The third-order valence-corrected chi connectivity index (χ3v) is 3.87. The molecular formula is C20H18FN3O. The van der Waals surface area contributed by atoms with Crippen molar-refractivity contribution in [3.05, 3.63) is 89.5 Å². The molecule has 0 bridgehead atoms. The van der Waals surface area contributed by atoms with E-state index < -0.39 is 11.7 Å². The van der Waals surface area contributed by atoms with Crippen LogP contribution in [0.25, 0.3) is 0 Å². The van der Waals surface area contributed by atoms with Gasteiger partial charge in [-0.3, -0.25) is 9.78 Å². The lowest BCUT2D eigenvalue weighted by Gasteiger charge is -2.10. The number of anilines is 2. The van der Waals surface area contributed by atoms with E-state index in [0.29, 0.717) is 12.1 Å². The fraction of sp³-hybridized carbons (Fsp3) is 0.100. The van der Waals surface area contributed by atoms with Gasteiger partial charge in [0.25, 0.3) is 5.91 Å². The minimum Gasteiger partial charge on any atom is -0.380 e. The van der Waals surface area contributed by atoms with Crippen LogP contribution >= 0.6 is 0 Å². The quantitative estimate of drug-likeness (QED) is 0.727. The number of amides is 1. The number of nitrogens with zero attached hydrogens (tertiary/aromatic N) is 1. The Bertz CT molecular complexity index is 895. The lowest BCUT2D eigenvalue weighted by Crippen LogP contribution is -2.13. The molecule has 5 heteroatoms. The number of hydrogen-bond acceptors (Lipinski definition) is 3. The Kier molecular flexibility index (Phi) is 5.04. The summed E-state index contributed by atoms with van der Waals surface area (Å²) in [5.74, 6) is -0.880. The smallest absolute Gasteiger partial charge is 0.257 e. The maximum atomic E-state index is 13.6. The molecule has 3 aromatic rings. The average Bonchev–Trinajstić information content (AvgIpc) is 2.63. The summed E-state index contributed by atoms with van der Waals surface area (Å²) < 4.78 is 13.6. The summed E-state index contributed by atoms with van der Waals surface area (Å²) in [5.41, 5.74) is 3.59. The third-order valence-electron chi connectivity index (χ3n) is 3.87. The van der Waals surface area contributed by atoms with E-state index in [1.807, 2.05) is 31.2 Å². The van der Waals surface area contributed by atoms with Gasteiger partial charge in [-0.1, -0.05) is 36.4 Å². The van der Waals surface area contributed by atoms with Crippen LogP contribution in [0.4, 0.5) is 15.8 Å². The molecule has 0 saturated carbocycles. The summed E-state index contributed by atoms with van der Waals surface area (Å²) in [6, 6.07) is 15.8. The van der Waals surface area contributed by atoms with Crippen LogP contribution in [-0.2, 0) is 6.54 Å². The Balaban J connectivity index is 1.70. The number of pyridine rings is 1. The van der Waals surface area contributed by atoms with Crippen LogP contribution in [0.2, 0.25) is 0 Å². The number of rotatable bonds is 5. The van der Waals surface area contributed by atoms with Crippen molar-refractivity contribution in [2.45, 2.75) is 13.5 Å². The van der Waals surface area contributed by atoms with Crippen LogP contribution in [0.1, 0.15) is 21.5 Å². The normalized spacial score (nSPS) is 10.3. The van der Waals surface area contributed by atoms with Gasteiger partial charge in [0.15, 0.2) is 0 Å². The molecule has 1 aromatic heterocycles. The lowest BCUT2D eigenvalue weighted by atomic mass is 10.1. The van der Waals surface area contributed by atoms with Gasteiger partial charge in [-0.2, -0.15) is 0 Å². The fourth-order valence-corrected chi connectivity index (χ4v) is 2.42. The van der Waals surface area contributed by atoms with Gasteiger partial charge in [0.2, 0.25) is 0 Å². The van der Waals surface area contributed by atoms with Crippen molar-refractivity contribution in [2.24, 2.45) is 0 Å². The van der Waals surface area contributed by atoms with Crippen LogP contribution < -0.4 is 10.6 Å². The van der Waals surface area contributed by atoms with E-state index in [0.717, 1.165) is 5.69 Å². The monoisotopic (exact) mass is 335 g/mol. The third kappa shape index (κ3) is 4.20. The van der Waals surface area contributed by atoms with E-state index >= 15 is 0 Å². The molecule has 0 spiro atoms. The number of aromatic nitrogens is 1. The van der Waals surface area contributed by atoms with Crippen molar-refractivity contribution in [3.63, 3.8) is 0 Å². The number of nitrogens with one attached hydrogen (secondary N) is 2. The SMILES string of the molecule is Cc1ccccc1CNc1cncc(C(=O)Nc2ccccc2F)c1. The van der Waals surface area contributed by atoms with Crippen molar-refractivity contribution in [1.29, 1.82) is 0 Å². The summed E-state index contributed by atoms with van der Waals surface area (Å²) in [6.07, 6.45) is 3.10. The zero-order valence-corrected chi connectivity index (χ0v) is 13.8. The summed E-state index contributed by atoms with van der Waals surface area (Å²) in [7, 11) is 0. The number of carbonyl (C=O) groups excluding carboxylic acids is 1. The number of halogens is 1. The van der Waals surface area contributed by atoms with Crippen LogP contribution in [0.5, 0.6) is 0 Å². The summed E-state index contributed by atoms with van der Waals surface area (Å²) in [5, 5.41) is 5.81. The second-order valence-corrected chi connectivity index (χ2v) is 5.68. The van der Waals surface area contributed by atoms with Crippen LogP contribution in [-0.4, -0.2) is 10.9 Å². The molecule has 0 aliphatic carbocycles. The Morgan fingerprint density at radius 2 is 1.84 bits per heavy atom. The zero-order chi connectivity index (χ0) is 17.6. The van der Waals surface area contributed by atoms with Gasteiger partial charge in [-0.05, 0) is 36.2 Å². The molecule has 0 atom stereocenters. The number of benzene rings is 2. The number of carbonyl (C=O) groups is 1. The maximum Gasteiger partial charge on any atom is 0.257 e. The molecule has 0 aliphatic rings. The Morgan fingerprint density at radius 1 is 1.08 bits per heavy atom. The van der Waals surface area contributed by atoms with E-state index in [9.17, 15) is 9.18 Å². The number of aryl methyl sites for hydroxylation is 1. The molecule has 2 aromatic carbocycles. The Labute approximate surface area is 145 Å². The second kappa shape index (κ2) is 7.57. The first-order valence-corrected chi connectivity index (χ1v) is 7.93. The molecular weight excluding hydrogens is 317 g/mol. The molecule has 126 valence electrons. The fourth-order valence-electron chi connectivity index (χ4n) is 2.42. The highest BCUT2D eigenvalue weighted by Gasteiger charge is 2.10. The van der Waals surface area contributed by atoms with Gasteiger partial charge >= 0.3 is 0 Å². The van der Waals surface area contributed by atoms with Gasteiger partial charge in [0, 0.05) is 18.9 Å². The van der Waals surface area contributed by atoms with Crippen molar-refractivity contribution in [3.8, 4) is 0 Å². The van der Waals surface area contributed by atoms with Crippen LogP contribution in [0.15, 0.2) is 67.0 Å². The van der Waals surface area contributed by atoms with Gasteiger partial charge < -0.3 is 10.6 Å². The van der Waals surface area contributed by atoms with E-state index in [1.165, 1.54) is 29.5 Å². The molecule has 3 rings (SSSR count). The highest BCUT2D eigenvalue weighted by molar-refractivity contribution is 6.04. The van der Waals surface area contributed by atoms with Gasteiger partial charge in [0.1, 0.15) is 5.82 Å². The Morgan fingerprint density at radius 3 is 2.64 bits per heavy atom. The standard InChI is InChI=1S/C20H18FN3O/c1-14-6-2-3-7-15(14)12-23-17-10-16(11-22-13-17)20(25)24-19-9-5-4-8-18(19)21/h2-11,13,23H,12H2,1H3,(H,24,25). The first-order chi connectivity index (χ1) is 12.1. The molecule has 25 heavy (non-hydrogen) atoms. The molecule has 1 amide bonds. The van der Waals surface area contributed by atoms with E-state index in [-0.39, 0.29) is 5.69 Å². The van der Waals surface area contributed by atoms with Crippen molar-refractivity contribution in [1.82, 2.24) is 4.98 Å².